The Morgan fingerprint density at radius 1 is 1.67 bits per heavy atom. The van der Waals surface area contributed by atoms with Crippen LogP contribution in [-0.2, 0) is 0 Å². The summed E-state index contributed by atoms with van der Waals surface area (Å²) in [6.07, 6.45) is -2.84. The molecular formula is C8H4BrF2N3O. The molecule has 0 aromatic carbocycles. The van der Waals surface area contributed by atoms with E-state index in [0.717, 1.165) is 6.07 Å². The van der Waals surface area contributed by atoms with Crippen molar-refractivity contribution in [1.29, 1.82) is 5.26 Å². The third-order valence-electron chi connectivity index (χ3n) is 1.58. The predicted octanol–water partition coefficient (Wildman–Crippen LogP) is 1.75. The third-order valence-corrected chi connectivity index (χ3v) is 2.24. The molecule has 0 aliphatic carbocycles. The molecule has 0 unspecified atom stereocenters. The third kappa shape index (κ3) is 2.27. The molecule has 4 nitrogen and oxygen atoms in total. The van der Waals surface area contributed by atoms with Crippen LogP contribution in [0.25, 0.3) is 0 Å². The number of aromatic nitrogens is 1. The molecular weight excluding hydrogens is 272 g/mol. The van der Waals surface area contributed by atoms with Crippen LogP contribution >= 0.6 is 15.9 Å². The summed E-state index contributed by atoms with van der Waals surface area (Å²) in [4.78, 5) is 14.2. The van der Waals surface area contributed by atoms with E-state index in [4.69, 9.17) is 11.0 Å². The number of carbonyl (C=O) groups is 1. The van der Waals surface area contributed by atoms with Crippen molar-refractivity contribution < 1.29 is 13.6 Å². The first kappa shape index (κ1) is 11.5. The molecule has 0 saturated heterocycles. The van der Waals surface area contributed by atoms with Gasteiger partial charge in [-0.05, 0) is 6.07 Å². The maximum atomic E-state index is 12.5. The Morgan fingerprint density at radius 3 is 2.67 bits per heavy atom. The molecule has 0 radical (unpaired) electrons. The largest absolute Gasteiger partial charge is 0.364 e. The Hall–Kier alpha value is -1.55. The number of nitrogens with two attached hydrogens (primary N) is 1. The topological polar surface area (TPSA) is 79.8 Å². The van der Waals surface area contributed by atoms with Gasteiger partial charge in [0.1, 0.15) is 11.8 Å². The van der Waals surface area contributed by atoms with Crippen LogP contribution in [0.3, 0.4) is 0 Å². The molecule has 1 heterocycles. The molecule has 0 aliphatic heterocycles. The number of pyridine rings is 1. The highest BCUT2D eigenvalue weighted by Crippen LogP contribution is 2.29. The Labute approximate surface area is 91.8 Å². The molecule has 1 aromatic heterocycles. The van der Waals surface area contributed by atoms with Gasteiger partial charge in [0.15, 0.2) is 5.69 Å². The highest BCUT2D eigenvalue weighted by Gasteiger charge is 2.20. The molecule has 2 N–H and O–H groups in total. The number of primary amides is 1. The summed E-state index contributed by atoms with van der Waals surface area (Å²) >= 11 is 2.83. The Kier molecular flexibility index (Phi) is 3.31. The summed E-state index contributed by atoms with van der Waals surface area (Å²) in [5, 5.41) is 8.58. The number of nitrogens with zero attached hydrogens (tertiary/aromatic N) is 2. The zero-order valence-electron chi connectivity index (χ0n) is 7.17. The fraction of sp³-hybridized carbons (Fsp3) is 0.125. The van der Waals surface area contributed by atoms with E-state index in [1.807, 2.05) is 0 Å². The molecule has 0 bridgehead atoms. The van der Waals surface area contributed by atoms with Crippen molar-refractivity contribution in [3.8, 4) is 6.07 Å². The summed E-state index contributed by atoms with van der Waals surface area (Å²) < 4.78 is 24.9. The quantitative estimate of drug-likeness (QED) is 0.893. The van der Waals surface area contributed by atoms with Gasteiger partial charge in [0.05, 0.1) is 5.56 Å². The molecule has 1 aromatic rings. The molecule has 0 fully saturated rings. The second-order valence-electron chi connectivity index (χ2n) is 2.53. The van der Waals surface area contributed by atoms with Crippen LogP contribution in [0.2, 0.25) is 0 Å². The minimum atomic E-state index is -2.84. The summed E-state index contributed by atoms with van der Waals surface area (Å²) in [7, 11) is 0. The summed E-state index contributed by atoms with van der Waals surface area (Å²) in [6.45, 7) is 0. The van der Waals surface area contributed by atoms with E-state index in [1.54, 1.807) is 0 Å². The van der Waals surface area contributed by atoms with Crippen molar-refractivity contribution in [1.82, 2.24) is 4.98 Å². The lowest BCUT2D eigenvalue weighted by Crippen LogP contribution is -2.14. The average Bonchev–Trinajstić information content (AvgIpc) is 2.15. The van der Waals surface area contributed by atoms with Crippen LogP contribution in [-0.4, -0.2) is 10.9 Å². The SMILES string of the molecule is N#Cc1nc(C(N)=O)cc(Br)c1C(F)F. The van der Waals surface area contributed by atoms with E-state index >= 15 is 0 Å². The van der Waals surface area contributed by atoms with E-state index in [0.29, 0.717) is 0 Å². The van der Waals surface area contributed by atoms with E-state index in [-0.39, 0.29) is 10.2 Å². The van der Waals surface area contributed by atoms with E-state index in [9.17, 15) is 13.6 Å². The van der Waals surface area contributed by atoms with Crippen LogP contribution in [0.15, 0.2) is 10.5 Å². The molecule has 7 heteroatoms. The maximum absolute atomic E-state index is 12.5. The molecule has 0 saturated carbocycles. The van der Waals surface area contributed by atoms with Gasteiger partial charge in [0, 0.05) is 4.47 Å². The Balaban J connectivity index is 3.46. The maximum Gasteiger partial charge on any atom is 0.267 e. The normalized spacial score (nSPS) is 10.1. The van der Waals surface area contributed by atoms with Crippen LogP contribution < -0.4 is 5.73 Å². The lowest BCUT2D eigenvalue weighted by atomic mass is 10.2. The van der Waals surface area contributed by atoms with Crippen molar-refractivity contribution in [2.24, 2.45) is 5.73 Å². The van der Waals surface area contributed by atoms with Gasteiger partial charge in [-0.1, -0.05) is 15.9 Å². The molecule has 1 amide bonds. The minimum absolute atomic E-state index is 0.0575. The molecule has 0 atom stereocenters. The highest BCUT2D eigenvalue weighted by molar-refractivity contribution is 9.10. The molecule has 15 heavy (non-hydrogen) atoms. The van der Waals surface area contributed by atoms with Crippen LogP contribution in [0, 0.1) is 11.3 Å². The van der Waals surface area contributed by atoms with E-state index in [2.05, 4.69) is 20.9 Å². The van der Waals surface area contributed by atoms with Crippen molar-refractivity contribution in [2.45, 2.75) is 6.43 Å². The Bertz CT molecular complexity index is 456. The van der Waals surface area contributed by atoms with Gasteiger partial charge in [0.25, 0.3) is 12.3 Å². The summed E-state index contributed by atoms with van der Waals surface area (Å²) in [6, 6.07) is 2.54. The fourth-order valence-corrected chi connectivity index (χ4v) is 1.52. The first-order valence-corrected chi connectivity index (χ1v) is 4.45. The molecule has 78 valence electrons. The number of amides is 1. The van der Waals surface area contributed by atoms with Gasteiger partial charge in [-0.2, -0.15) is 5.26 Å². The average molecular weight is 276 g/mol. The van der Waals surface area contributed by atoms with E-state index < -0.39 is 23.6 Å². The van der Waals surface area contributed by atoms with Gasteiger partial charge in [-0.3, -0.25) is 4.79 Å². The first-order valence-electron chi connectivity index (χ1n) is 3.66. The second kappa shape index (κ2) is 4.31. The van der Waals surface area contributed by atoms with Crippen LogP contribution in [0.4, 0.5) is 8.78 Å². The van der Waals surface area contributed by atoms with Crippen molar-refractivity contribution in [3.05, 3.63) is 27.5 Å². The number of hydrogen-bond donors (Lipinski definition) is 1. The summed E-state index contributed by atoms with van der Waals surface area (Å²) in [5.41, 5.74) is 3.63. The van der Waals surface area contributed by atoms with Gasteiger partial charge in [-0.25, -0.2) is 13.8 Å². The lowest BCUT2D eigenvalue weighted by Gasteiger charge is -2.06. The van der Waals surface area contributed by atoms with Gasteiger partial charge >= 0.3 is 0 Å². The number of hydrogen-bond acceptors (Lipinski definition) is 3. The lowest BCUT2D eigenvalue weighted by molar-refractivity contribution is 0.0994. The van der Waals surface area contributed by atoms with Gasteiger partial charge < -0.3 is 5.73 Å². The number of alkyl halides is 2. The van der Waals surface area contributed by atoms with Crippen molar-refractivity contribution in [3.63, 3.8) is 0 Å². The molecule has 0 spiro atoms. The van der Waals surface area contributed by atoms with Crippen molar-refractivity contribution in [2.75, 3.05) is 0 Å². The number of nitriles is 1. The molecule has 0 aliphatic rings. The van der Waals surface area contributed by atoms with Crippen molar-refractivity contribution >= 4 is 21.8 Å². The second-order valence-corrected chi connectivity index (χ2v) is 3.38. The Morgan fingerprint density at radius 2 is 2.27 bits per heavy atom. The van der Waals surface area contributed by atoms with E-state index in [1.165, 1.54) is 6.07 Å². The fourth-order valence-electron chi connectivity index (χ4n) is 0.943. The number of halogens is 3. The number of rotatable bonds is 2. The predicted molar refractivity (Wildman–Crippen MR) is 50.1 cm³/mol. The monoisotopic (exact) mass is 275 g/mol. The number of carbonyl (C=O) groups excluding carboxylic acids is 1. The summed E-state index contributed by atoms with van der Waals surface area (Å²) in [5.74, 6) is -0.881. The first-order chi connectivity index (χ1) is 6.97. The smallest absolute Gasteiger partial charge is 0.267 e. The zero-order chi connectivity index (χ0) is 11.6. The van der Waals surface area contributed by atoms with Crippen LogP contribution in [0.1, 0.15) is 28.2 Å². The van der Waals surface area contributed by atoms with Gasteiger partial charge in [-0.15, -0.1) is 0 Å². The van der Waals surface area contributed by atoms with Crippen LogP contribution in [0.5, 0.6) is 0 Å². The van der Waals surface area contributed by atoms with Gasteiger partial charge in [0.2, 0.25) is 0 Å². The minimum Gasteiger partial charge on any atom is -0.364 e. The molecule has 1 rings (SSSR count). The zero-order valence-corrected chi connectivity index (χ0v) is 8.75. The standard InChI is InChI=1S/C8H4BrF2N3O/c9-3-1-4(8(13)15)14-5(2-12)6(3)7(10)11/h1,7H,(H2,13,15). The highest BCUT2D eigenvalue weighted by atomic mass is 79.9.